The van der Waals surface area contributed by atoms with E-state index >= 15 is 0 Å². The number of rotatable bonds is 5. The summed E-state index contributed by atoms with van der Waals surface area (Å²) in [7, 11) is 0. The fourth-order valence-corrected chi connectivity index (χ4v) is 1.72. The minimum absolute atomic E-state index is 0. The third kappa shape index (κ3) is 5.65. The number of aromatic hydroxyl groups is 4. The number of hydrogen-bond acceptors (Lipinski definition) is 6. The van der Waals surface area contributed by atoms with Crippen LogP contribution < -0.4 is 0 Å². The molecule has 0 atom stereocenters. The third-order valence-corrected chi connectivity index (χ3v) is 2.85. The number of benzene rings is 2. The maximum absolute atomic E-state index is 9.57. The van der Waals surface area contributed by atoms with Gasteiger partial charge in [0.1, 0.15) is 23.0 Å². The van der Waals surface area contributed by atoms with Crippen LogP contribution in [0.4, 0.5) is 0 Å². The van der Waals surface area contributed by atoms with Crippen LogP contribution >= 0.6 is 0 Å². The summed E-state index contributed by atoms with van der Waals surface area (Å²) in [5, 5.41) is 37.5. The number of aliphatic imine (C=N–C) groups is 2. The van der Waals surface area contributed by atoms with Crippen LogP contribution in [-0.2, 0) is 17.1 Å². The summed E-state index contributed by atoms with van der Waals surface area (Å²) < 4.78 is 0. The van der Waals surface area contributed by atoms with E-state index in [0.29, 0.717) is 24.2 Å². The second-order valence-electron chi connectivity index (χ2n) is 4.56. The van der Waals surface area contributed by atoms with Crippen LogP contribution in [0.25, 0.3) is 0 Å². The first kappa shape index (κ1) is 18.5. The molecule has 0 aliphatic heterocycles. The van der Waals surface area contributed by atoms with Crippen LogP contribution in [0, 0.1) is 0 Å². The van der Waals surface area contributed by atoms with Gasteiger partial charge in [-0.15, -0.1) is 0 Å². The van der Waals surface area contributed by atoms with Crippen molar-refractivity contribution in [3.05, 3.63) is 47.5 Å². The molecule has 0 heterocycles. The molecule has 0 saturated heterocycles. The first-order chi connectivity index (χ1) is 10.6. The molecule has 7 heteroatoms. The average molecular weight is 356 g/mol. The Labute approximate surface area is 144 Å². The van der Waals surface area contributed by atoms with Crippen molar-refractivity contribution < 1.29 is 37.5 Å². The molecule has 0 aliphatic carbocycles. The Kier molecular flexibility index (Phi) is 7.12. The third-order valence-electron chi connectivity index (χ3n) is 2.85. The van der Waals surface area contributed by atoms with Crippen molar-refractivity contribution in [2.75, 3.05) is 13.1 Å². The molecule has 0 spiro atoms. The summed E-state index contributed by atoms with van der Waals surface area (Å²) in [6.45, 7) is 0.825. The Balaban J connectivity index is 0.00000264. The van der Waals surface area contributed by atoms with Crippen molar-refractivity contribution in [2.24, 2.45) is 9.98 Å². The predicted molar refractivity (Wildman–Crippen MR) is 84.5 cm³/mol. The number of nitrogens with zero attached hydrogens (tertiary/aromatic N) is 2. The summed E-state index contributed by atoms with van der Waals surface area (Å²) in [5.74, 6) is -0.0940. The Bertz CT molecular complexity index is 656. The van der Waals surface area contributed by atoms with Crippen LogP contribution in [-0.4, -0.2) is 45.9 Å². The summed E-state index contributed by atoms with van der Waals surface area (Å²) in [6, 6.07) is 8.54. The smallest absolute Gasteiger partial charge is 0.508 e. The van der Waals surface area contributed by atoms with Gasteiger partial charge in [0.15, 0.2) is 0 Å². The molecule has 6 nitrogen and oxygen atoms in total. The van der Waals surface area contributed by atoms with Crippen molar-refractivity contribution >= 4 is 12.4 Å². The first-order valence-corrected chi connectivity index (χ1v) is 6.60. The zero-order chi connectivity index (χ0) is 15.9. The second kappa shape index (κ2) is 8.82. The number of phenolic OH excluding ortho intramolecular Hbond substituents is 4. The van der Waals surface area contributed by atoms with Gasteiger partial charge in [0.25, 0.3) is 0 Å². The van der Waals surface area contributed by atoms with Crippen LogP contribution in [0.2, 0.25) is 0 Å². The first-order valence-electron chi connectivity index (χ1n) is 6.60. The van der Waals surface area contributed by atoms with Crippen molar-refractivity contribution in [1.29, 1.82) is 0 Å². The molecule has 0 bridgehead atoms. The van der Waals surface area contributed by atoms with Gasteiger partial charge in [-0.1, -0.05) is 0 Å². The molecule has 120 valence electrons. The van der Waals surface area contributed by atoms with E-state index in [1.807, 2.05) is 0 Å². The van der Waals surface area contributed by atoms with E-state index in [1.165, 1.54) is 36.7 Å². The standard InChI is InChI=1S/C16H16N2O4.Fe/c19-13-3-1-11(15(21)7-13)9-17-5-6-18-10-12-2-4-14(20)8-16(12)22;/h1-4,7-10,19-22H,5-6H2;/q;+2. The van der Waals surface area contributed by atoms with E-state index in [1.54, 1.807) is 12.1 Å². The molecule has 0 fully saturated rings. The Morgan fingerprint density at radius 2 is 1.09 bits per heavy atom. The Morgan fingerprint density at radius 3 is 1.43 bits per heavy atom. The summed E-state index contributed by atoms with van der Waals surface area (Å²) in [4.78, 5) is 8.23. The molecule has 0 saturated carbocycles. The molecule has 0 amide bonds. The van der Waals surface area contributed by atoms with E-state index in [-0.39, 0.29) is 40.1 Å². The largest absolute Gasteiger partial charge is 2.00 e. The van der Waals surface area contributed by atoms with E-state index in [9.17, 15) is 10.2 Å². The normalized spacial score (nSPS) is 11.0. The fourth-order valence-electron chi connectivity index (χ4n) is 1.72. The van der Waals surface area contributed by atoms with Gasteiger partial charge in [-0.05, 0) is 24.3 Å². The van der Waals surface area contributed by atoms with Gasteiger partial charge < -0.3 is 20.4 Å². The molecule has 0 aromatic heterocycles. The van der Waals surface area contributed by atoms with Gasteiger partial charge in [-0.2, -0.15) is 0 Å². The Morgan fingerprint density at radius 1 is 0.696 bits per heavy atom. The second-order valence-corrected chi connectivity index (χ2v) is 4.56. The summed E-state index contributed by atoms with van der Waals surface area (Å²) >= 11 is 0. The SMILES string of the molecule is Oc1ccc(C=NCCN=Cc2ccc(O)cc2O)c(O)c1.[Fe+2]. The number of hydrogen-bond donors (Lipinski definition) is 4. The van der Waals surface area contributed by atoms with Gasteiger partial charge in [0, 0.05) is 35.7 Å². The average Bonchev–Trinajstić information content (AvgIpc) is 2.46. The van der Waals surface area contributed by atoms with Gasteiger partial charge in [-0.25, -0.2) is 0 Å². The Hall–Kier alpha value is -2.50. The van der Waals surface area contributed by atoms with Crippen molar-refractivity contribution in [3.8, 4) is 23.0 Å². The van der Waals surface area contributed by atoms with Gasteiger partial charge in [0.05, 0.1) is 13.1 Å². The molecule has 0 unspecified atom stereocenters. The zero-order valence-corrected chi connectivity index (χ0v) is 13.2. The van der Waals surface area contributed by atoms with Gasteiger partial charge >= 0.3 is 17.1 Å². The van der Waals surface area contributed by atoms with E-state index in [2.05, 4.69) is 9.98 Å². The molecule has 23 heavy (non-hydrogen) atoms. The molecular weight excluding hydrogens is 340 g/mol. The van der Waals surface area contributed by atoms with Crippen LogP contribution in [0.5, 0.6) is 23.0 Å². The van der Waals surface area contributed by atoms with E-state index < -0.39 is 0 Å². The van der Waals surface area contributed by atoms with Crippen LogP contribution in [0.15, 0.2) is 46.4 Å². The zero-order valence-electron chi connectivity index (χ0n) is 12.1. The maximum atomic E-state index is 9.57. The van der Waals surface area contributed by atoms with Crippen molar-refractivity contribution in [2.45, 2.75) is 0 Å². The topological polar surface area (TPSA) is 106 Å². The predicted octanol–water partition coefficient (Wildman–Crippen LogP) is 2.04. The van der Waals surface area contributed by atoms with Crippen LogP contribution in [0.1, 0.15) is 11.1 Å². The fraction of sp³-hybridized carbons (Fsp3) is 0.125. The van der Waals surface area contributed by atoms with Gasteiger partial charge in [-0.3, -0.25) is 9.98 Å². The number of phenols is 4. The van der Waals surface area contributed by atoms with E-state index in [0.717, 1.165) is 0 Å². The molecule has 2 aromatic rings. The molecule has 2 rings (SSSR count). The van der Waals surface area contributed by atoms with Crippen molar-refractivity contribution in [3.63, 3.8) is 0 Å². The minimum atomic E-state index is -0.0405. The van der Waals surface area contributed by atoms with Gasteiger partial charge in [0.2, 0.25) is 0 Å². The molecule has 2 aromatic carbocycles. The van der Waals surface area contributed by atoms with Crippen LogP contribution in [0.3, 0.4) is 0 Å². The molecule has 0 aliphatic rings. The molecule has 4 N–H and O–H groups in total. The minimum Gasteiger partial charge on any atom is -0.508 e. The maximum Gasteiger partial charge on any atom is 2.00 e. The summed E-state index contributed by atoms with van der Waals surface area (Å²) in [6.07, 6.45) is 3.00. The van der Waals surface area contributed by atoms with E-state index in [4.69, 9.17) is 10.2 Å². The van der Waals surface area contributed by atoms with Crippen molar-refractivity contribution in [1.82, 2.24) is 0 Å². The quantitative estimate of drug-likeness (QED) is 0.374. The monoisotopic (exact) mass is 356 g/mol. The summed E-state index contributed by atoms with van der Waals surface area (Å²) in [5.41, 5.74) is 1.02. The molecular formula is C16H16FeN2O4+2. The molecule has 0 radical (unpaired) electrons.